The second-order valence-electron chi connectivity index (χ2n) is 4.29. The average molecular weight is 334 g/mol. The van der Waals surface area contributed by atoms with Crippen molar-refractivity contribution in [2.75, 3.05) is 0 Å². The van der Waals surface area contributed by atoms with Gasteiger partial charge in [-0.1, -0.05) is 41.9 Å². The third-order valence-corrected chi connectivity index (χ3v) is 3.94. The molecule has 0 bridgehead atoms. The molecule has 0 aliphatic carbocycles. The van der Waals surface area contributed by atoms with E-state index in [9.17, 15) is 0 Å². The third kappa shape index (κ3) is 2.24. The van der Waals surface area contributed by atoms with Gasteiger partial charge in [0.2, 0.25) is 0 Å². The smallest absolute Gasteiger partial charge is 0.161 e. The summed E-state index contributed by atoms with van der Waals surface area (Å²) in [4.78, 5) is 9.03. The fourth-order valence-electron chi connectivity index (χ4n) is 2.02. The fourth-order valence-corrected chi connectivity index (χ4v) is 2.71. The van der Waals surface area contributed by atoms with E-state index in [1.807, 2.05) is 49.4 Å². The molecule has 1 heterocycles. The monoisotopic (exact) mass is 332 g/mol. The van der Waals surface area contributed by atoms with E-state index in [2.05, 4.69) is 25.9 Å². The molecule has 2 aromatic carbocycles. The first kappa shape index (κ1) is 12.6. The molecule has 94 valence electrons. The third-order valence-electron chi connectivity index (χ3n) is 3.02. The van der Waals surface area contributed by atoms with Crippen LogP contribution in [0.4, 0.5) is 0 Å². The first-order valence-electron chi connectivity index (χ1n) is 5.84. The minimum absolute atomic E-state index is 0.476. The number of rotatable bonds is 1. The molecule has 0 aliphatic heterocycles. The Hall–Kier alpha value is -1.45. The number of para-hydroxylation sites is 1. The number of fused-ring (bicyclic) bond motifs is 1. The zero-order valence-electron chi connectivity index (χ0n) is 10.2. The Bertz CT molecular complexity index is 771. The molecule has 0 radical (unpaired) electrons. The first-order valence-corrected chi connectivity index (χ1v) is 7.01. The summed E-state index contributed by atoms with van der Waals surface area (Å²) in [7, 11) is 0. The lowest BCUT2D eigenvalue weighted by atomic mass is 10.1. The summed E-state index contributed by atoms with van der Waals surface area (Å²) in [6.45, 7) is 2.04. The highest BCUT2D eigenvalue weighted by atomic mass is 79.9. The van der Waals surface area contributed by atoms with Gasteiger partial charge in [0.1, 0.15) is 5.15 Å². The quantitative estimate of drug-likeness (QED) is 0.584. The second-order valence-corrected chi connectivity index (χ2v) is 5.50. The summed E-state index contributed by atoms with van der Waals surface area (Å²) >= 11 is 9.77. The summed E-state index contributed by atoms with van der Waals surface area (Å²) in [5.74, 6) is 0.655. The van der Waals surface area contributed by atoms with E-state index in [0.29, 0.717) is 11.0 Å². The van der Waals surface area contributed by atoms with Gasteiger partial charge in [-0.3, -0.25) is 0 Å². The van der Waals surface area contributed by atoms with Gasteiger partial charge in [-0.15, -0.1) is 0 Å². The van der Waals surface area contributed by atoms with E-state index in [4.69, 9.17) is 11.6 Å². The van der Waals surface area contributed by atoms with Crippen molar-refractivity contribution in [2.24, 2.45) is 0 Å². The molecular formula is C15H10BrClN2. The minimum Gasteiger partial charge on any atom is -0.227 e. The maximum Gasteiger partial charge on any atom is 0.161 e. The van der Waals surface area contributed by atoms with Gasteiger partial charge in [0.25, 0.3) is 0 Å². The molecule has 0 N–H and O–H groups in total. The highest BCUT2D eigenvalue weighted by Crippen LogP contribution is 2.30. The molecule has 3 rings (SSSR count). The molecule has 0 saturated heterocycles. The molecule has 1 aromatic heterocycles. The molecule has 0 amide bonds. The Morgan fingerprint density at radius 1 is 1.00 bits per heavy atom. The Morgan fingerprint density at radius 2 is 1.79 bits per heavy atom. The summed E-state index contributed by atoms with van der Waals surface area (Å²) in [6, 6.07) is 13.8. The van der Waals surface area contributed by atoms with Crippen LogP contribution in [-0.2, 0) is 0 Å². The predicted molar refractivity (Wildman–Crippen MR) is 82.4 cm³/mol. The van der Waals surface area contributed by atoms with Gasteiger partial charge in [0.15, 0.2) is 5.82 Å². The van der Waals surface area contributed by atoms with Crippen molar-refractivity contribution in [3.05, 3.63) is 57.7 Å². The topological polar surface area (TPSA) is 25.8 Å². The van der Waals surface area contributed by atoms with Crippen LogP contribution in [0.1, 0.15) is 5.56 Å². The molecule has 0 aliphatic rings. The fraction of sp³-hybridized carbons (Fsp3) is 0.0667. The van der Waals surface area contributed by atoms with Crippen molar-refractivity contribution < 1.29 is 0 Å². The van der Waals surface area contributed by atoms with E-state index in [1.54, 1.807) is 0 Å². The van der Waals surface area contributed by atoms with Crippen molar-refractivity contribution in [3.8, 4) is 11.4 Å². The van der Waals surface area contributed by atoms with E-state index in [-0.39, 0.29) is 0 Å². The van der Waals surface area contributed by atoms with E-state index >= 15 is 0 Å². The van der Waals surface area contributed by atoms with Crippen molar-refractivity contribution in [1.29, 1.82) is 0 Å². The second kappa shape index (κ2) is 4.91. The molecule has 0 spiro atoms. The lowest BCUT2D eigenvalue weighted by Gasteiger charge is -2.07. The summed E-state index contributed by atoms with van der Waals surface area (Å²) in [6.07, 6.45) is 0. The first-order chi connectivity index (χ1) is 9.16. The molecule has 0 unspecified atom stereocenters. The summed E-state index contributed by atoms with van der Waals surface area (Å²) in [5.41, 5.74) is 2.97. The van der Waals surface area contributed by atoms with Crippen LogP contribution < -0.4 is 0 Å². The van der Waals surface area contributed by atoms with Crippen LogP contribution in [0.2, 0.25) is 5.15 Å². The van der Waals surface area contributed by atoms with Gasteiger partial charge in [0, 0.05) is 15.4 Å². The normalized spacial score (nSPS) is 10.9. The Balaban J connectivity index is 2.33. The summed E-state index contributed by atoms with van der Waals surface area (Å²) < 4.78 is 0.920. The number of hydrogen-bond acceptors (Lipinski definition) is 2. The molecule has 2 nitrogen and oxygen atoms in total. The molecule has 4 heteroatoms. The molecule has 0 saturated carbocycles. The standard InChI is InChI=1S/C15H10BrClN2/c1-9-5-2-3-6-10(9)15-18-13-11(14(17)19-15)7-4-8-12(13)16/h2-8H,1H3. The van der Waals surface area contributed by atoms with Gasteiger partial charge in [0.05, 0.1) is 5.52 Å². The zero-order valence-corrected chi connectivity index (χ0v) is 12.5. The largest absolute Gasteiger partial charge is 0.227 e. The van der Waals surface area contributed by atoms with Gasteiger partial charge >= 0.3 is 0 Å². The maximum absolute atomic E-state index is 6.26. The highest BCUT2D eigenvalue weighted by molar-refractivity contribution is 9.10. The predicted octanol–water partition coefficient (Wildman–Crippen LogP) is 5.02. The molecule has 0 atom stereocenters. The zero-order chi connectivity index (χ0) is 13.4. The highest BCUT2D eigenvalue weighted by Gasteiger charge is 2.11. The maximum atomic E-state index is 6.26. The Morgan fingerprint density at radius 3 is 2.58 bits per heavy atom. The van der Waals surface area contributed by atoms with Crippen LogP contribution in [0.3, 0.4) is 0 Å². The van der Waals surface area contributed by atoms with E-state index in [0.717, 1.165) is 26.5 Å². The number of aromatic nitrogens is 2. The van der Waals surface area contributed by atoms with Gasteiger partial charge < -0.3 is 0 Å². The lowest BCUT2D eigenvalue weighted by molar-refractivity contribution is 1.21. The van der Waals surface area contributed by atoms with Crippen LogP contribution in [0.5, 0.6) is 0 Å². The van der Waals surface area contributed by atoms with Gasteiger partial charge in [-0.05, 0) is 40.5 Å². The molecule has 3 aromatic rings. The van der Waals surface area contributed by atoms with Gasteiger partial charge in [-0.2, -0.15) is 0 Å². The SMILES string of the molecule is Cc1ccccc1-c1nc(Cl)c2cccc(Br)c2n1. The average Bonchev–Trinajstić information content (AvgIpc) is 2.40. The molecule has 19 heavy (non-hydrogen) atoms. The number of nitrogens with zero attached hydrogens (tertiary/aromatic N) is 2. The van der Waals surface area contributed by atoms with Crippen molar-refractivity contribution >= 4 is 38.4 Å². The van der Waals surface area contributed by atoms with Crippen LogP contribution in [0, 0.1) is 6.92 Å². The number of benzene rings is 2. The van der Waals surface area contributed by atoms with Crippen LogP contribution >= 0.6 is 27.5 Å². The number of aryl methyl sites for hydroxylation is 1. The minimum atomic E-state index is 0.476. The summed E-state index contributed by atoms with van der Waals surface area (Å²) in [5, 5.41) is 1.33. The lowest BCUT2D eigenvalue weighted by Crippen LogP contribution is -1.94. The Labute approximate surface area is 124 Å². The molecule has 0 fully saturated rings. The van der Waals surface area contributed by atoms with Crippen LogP contribution in [-0.4, -0.2) is 9.97 Å². The molecular weight excluding hydrogens is 324 g/mol. The van der Waals surface area contributed by atoms with E-state index < -0.39 is 0 Å². The van der Waals surface area contributed by atoms with Crippen molar-refractivity contribution in [3.63, 3.8) is 0 Å². The van der Waals surface area contributed by atoms with Crippen molar-refractivity contribution in [2.45, 2.75) is 6.92 Å². The van der Waals surface area contributed by atoms with Crippen LogP contribution in [0.25, 0.3) is 22.3 Å². The van der Waals surface area contributed by atoms with Crippen molar-refractivity contribution in [1.82, 2.24) is 9.97 Å². The Kier molecular flexibility index (Phi) is 3.25. The number of halogens is 2. The van der Waals surface area contributed by atoms with Gasteiger partial charge in [-0.25, -0.2) is 9.97 Å². The van der Waals surface area contributed by atoms with Crippen LogP contribution in [0.15, 0.2) is 46.9 Å². The number of hydrogen-bond donors (Lipinski definition) is 0. The van der Waals surface area contributed by atoms with E-state index in [1.165, 1.54) is 0 Å².